The van der Waals surface area contributed by atoms with Crippen molar-refractivity contribution in [1.29, 1.82) is 0 Å². The molecule has 31 heavy (non-hydrogen) atoms. The third-order valence-electron chi connectivity index (χ3n) is 5.85. The van der Waals surface area contributed by atoms with Gasteiger partial charge in [-0.2, -0.15) is 0 Å². The molecule has 0 spiro atoms. The SMILES string of the molecule is CCCOC(=O)CCCCCCCCCCCCCCCC(C)CCC(=O)OCCC. The van der Waals surface area contributed by atoms with E-state index >= 15 is 0 Å². The lowest BCUT2D eigenvalue weighted by atomic mass is 9.97. The van der Waals surface area contributed by atoms with Crippen LogP contribution in [0.1, 0.15) is 143 Å². The second-order valence-corrected chi connectivity index (χ2v) is 9.22. The van der Waals surface area contributed by atoms with Crippen LogP contribution < -0.4 is 0 Å². The van der Waals surface area contributed by atoms with Crippen LogP contribution in [0.25, 0.3) is 0 Å². The Morgan fingerprint density at radius 2 is 0.935 bits per heavy atom. The number of hydrogen-bond acceptors (Lipinski definition) is 4. The van der Waals surface area contributed by atoms with E-state index in [2.05, 4.69) is 6.92 Å². The summed E-state index contributed by atoms with van der Waals surface area (Å²) in [5.41, 5.74) is 0. The Bertz CT molecular complexity index is 408. The normalized spacial score (nSPS) is 12.0. The first-order valence-corrected chi connectivity index (χ1v) is 13.4. The number of rotatable bonds is 23. The van der Waals surface area contributed by atoms with Crippen LogP contribution in [0.15, 0.2) is 0 Å². The Hall–Kier alpha value is -1.06. The van der Waals surface area contributed by atoms with Crippen LogP contribution in [-0.4, -0.2) is 25.2 Å². The van der Waals surface area contributed by atoms with Gasteiger partial charge in [-0.3, -0.25) is 9.59 Å². The third-order valence-corrected chi connectivity index (χ3v) is 5.85. The van der Waals surface area contributed by atoms with Crippen LogP contribution in [0.5, 0.6) is 0 Å². The molecule has 0 saturated carbocycles. The van der Waals surface area contributed by atoms with Crippen molar-refractivity contribution in [3.8, 4) is 0 Å². The van der Waals surface area contributed by atoms with E-state index in [1.807, 2.05) is 13.8 Å². The number of ether oxygens (including phenoxy) is 2. The highest BCUT2D eigenvalue weighted by molar-refractivity contribution is 5.69. The fraction of sp³-hybridized carbons (Fsp3) is 0.926. The molecule has 0 radical (unpaired) electrons. The van der Waals surface area contributed by atoms with Crippen LogP contribution in [-0.2, 0) is 19.1 Å². The molecule has 4 heteroatoms. The summed E-state index contributed by atoms with van der Waals surface area (Å²) in [4.78, 5) is 22.9. The predicted octanol–water partition coefficient (Wildman–Crippen LogP) is 8.16. The van der Waals surface area contributed by atoms with Gasteiger partial charge in [-0.05, 0) is 31.6 Å². The average Bonchev–Trinajstić information content (AvgIpc) is 2.77. The van der Waals surface area contributed by atoms with Gasteiger partial charge in [0.1, 0.15) is 0 Å². The molecule has 0 heterocycles. The van der Waals surface area contributed by atoms with Crippen molar-refractivity contribution in [3.63, 3.8) is 0 Å². The molecule has 0 aliphatic rings. The van der Waals surface area contributed by atoms with Crippen LogP contribution in [0.4, 0.5) is 0 Å². The van der Waals surface area contributed by atoms with Crippen LogP contribution in [0, 0.1) is 5.92 Å². The fourth-order valence-electron chi connectivity index (χ4n) is 3.79. The summed E-state index contributed by atoms with van der Waals surface area (Å²) in [7, 11) is 0. The quantitative estimate of drug-likeness (QED) is 0.119. The molecule has 0 aliphatic carbocycles. The van der Waals surface area contributed by atoms with Gasteiger partial charge in [0.2, 0.25) is 0 Å². The van der Waals surface area contributed by atoms with Gasteiger partial charge in [-0.1, -0.05) is 104 Å². The summed E-state index contributed by atoms with van der Waals surface area (Å²) >= 11 is 0. The highest BCUT2D eigenvalue weighted by Gasteiger charge is 2.07. The van der Waals surface area contributed by atoms with Gasteiger partial charge in [-0.15, -0.1) is 0 Å². The van der Waals surface area contributed by atoms with E-state index in [1.165, 1.54) is 77.0 Å². The number of carbonyl (C=O) groups is 2. The van der Waals surface area contributed by atoms with E-state index in [9.17, 15) is 9.59 Å². The van der Waals surface area contributed by atoms with Gasteiger partial charge in [0.15, 0.2) is 0 Å². The molecule has 0 saturated heterocycles. The van der Waals surface area contributed by atoms with Gasteiger partial charge < -0.3 is 9.47 Å². The minimum atomic E-state index is -0.0295. The molecule has 1 unspecified atom stereocenters. The molecule has 0 amide bonds. The summed E-state index contributed by atoms with van der Waals surface area (Å²) in [6, 6.07) is 0. The number of esters is 2. The molecule has 0 N–H and O–H groups in total. The van der Waals surface area contributed by atoms with Gasteiger partial charge in [0.25, 0.3) is 0 Å². The van der Waals surface area contributed by atoms with Crippen molar-refractivity contribution >= 4 is 11.9 Å². The second-order valence-electron chi connectivity index (χ2n) is 9.22. The van der Waals surface area contributed by atoms with Crippen molar-refractivity contribution in [2.24, 2.45) is 5.92 Å². The first-order chi connectivity index (χ1) is 15.1. The van der Waals surface area contributed by atoms with Gasteiger partial charge >= 0.3 is 11.9 Å². The lowest BCUT2D eigenvalue weighted by Crippen LogP contribution is -2.07. The minimum Gasteiger partial charge on any atom is -0.466 e. The van der Waals surface area contributed by atoms with E-state index in [1.54, 1.807) is 0 Å². The largest absolute Gasteiger partial charge is 0.466 e. The molecule has 0 rings (SSSR count). The zero-order valence-corrected chi connectivity index (χ0v) is 21.1. The third kappa shape index (κ3) is 23.4. The Labute approximate surface area is 193 Å². The van der Waals surface area contributed by atoms with Crippen LogP contribution >= 0.6 is 0 Å². The lowest BCUT2D eigenvalue weighted by molar-refractivity contribution is -0.144. The van der Waals surface area contributed by atoms with Crippen molar-refractivity contribution in [3.05, 3.63) is 0 Å². The monoisotopic (exact) mass is 440 g/mol. The van der Waals surface area contributed by atoms with Gasteiger partial charge in [-0.25, -0.2) is 0 Å². The smallest absolute Gasteiger partial charge is 0.305 e. The lowest BCUT2D eigenvalue weighted by Gasteiger charge is -2.10. The summed E-state index contributed by atoms with van der Waals surface area (Å²) in [6.07, 6.45) is 22.0. The van der Waals surface area contributed by atoms with Crippen molar-refractivity contribution in [1.82, 2.24) is 0 Å². The van der Waals surface area contributed by atoms with Gasteiger partial charge in [0.05, 0.1) is 13.2 Å². The van der Waals surface area contributed by atoms with Crippen LogP contribution in [0.3, 0.4) is 0 Å². The van der Waals surface area contributed by atoms with E-state index < -0.39 is 0 Å². The summed E-state index contributed by atoms with van der Waals surface area (Å²) in [5.74, 6) is 0.572. The molecule has 1 atom stereocenters. The number of unbranched alkanes of at least 4 members (excludes halogenated alkanes) is 12. The van der Waals surface area contributed by atoms with E-state index in [0.717, 1.165) is 32.1 Å². The molecular weight excluding hydrogens is 388 g/mol. The molecule has 0 aromatic heterocycles. The summed E-state index contributed by atoms with van der Waals surface area (Å²) in [5, 5.41) is 0. The molecule has 184 valence electrons. The second kappa shape index (κ2) is 23.6. The molecule has 0 aromatic rings. The highest BCUT2D eigenvalue weighted by Crippen LogP contribution is 2.17. The first-order valence-electron chi connectivity index (χ1n) is 13.4. The maximum atomic E-state index is 11.5. The molecule has 4 nitrogen and oxygen atoms in total. The zero-order chi connectivity index (χ0) is 23.0. The van der Waals surface area contributed by atoms with E-state index in [4.69, 9.17) is 9.47 Å². The van der Waals surface area contributed by atoms with Crippen LogP contribution in [0.2, 0.25) is 0 Å². The molecule has 0 bridgehead atoms. The standard InChI is InChI=1S/C27H52O4/c1-4-23-30-26(28)20-18-16-14-12-10-8-6-7-9-11-13-15-17-19-25(3)21-22-27(29)31-24-5-2/h25H,4-24H2,1-3H3. The summed E-state index contributed by atoms with van der Waals surface area (Å²) in [6.45, 7) is 7.43. The van der Waals surface area contributed by atoms with Crippen molar-refractivity contribution in [2.75, 3.05) is 13.2 Å². The highest BCUT2D eigenvalue weighted by atomic mass is 16.5. The van der Waals surface area contributed by atoms with Gasteiger partial charge in [0, 0.05) is 12.8 Å². The minimum absolute atomic E-state index is 0.0271. The topological polar surface area (TPSA) is 52.6 Å². The average molecular weight is 441 g/mol. The first kappa shape index (κ1) is 29.9. The number of carbonyl (C=O) groups excluding carboxylic acids is 2. The zero-order valence-electron chi connectivity index (χ0n) is 21.1. The Kier molecular flexibility index (Phi) is 22.8. The maximum absolute atomic E-state index is 11.5. The van der Waals surface area contributed by atoms with E-state index in [0.29, 0.717) is 32.0 Å². The Balaban J connectivity index is 3.23. The van der Waals surface area contributed by atoms with Crippen molar-refractivity contribution < 1.29 is 19.1 Å². The maximum Gasteiger partial charge on any atom is 0.305 e. The predicted molar refractivity (Wildman–Crippen MR) is 130 cm³/mol. The molecule has 0 aliphatic heterocycles. The summed E-state index contributed by atoms with van der Waals surface area (Å²) < 4.78 is 10.2. The molecular formula is C27H52O4. The Morgan fingerprint density at radius 1 is 0.548 bits per heavy atom. The molecule has 0 aromatic carbocycles. The van der Waals surface area contributed by atoms with E-state index in [-0.39, 0.29) is 11.9 Å². The van der Waals surface area contributed by atoms with Crippen molar-refractivity contribution in [2.45, 2.75) is 143 Å². The Morgan fingerprint density at radius 3 is 1.39 bits per heavy atom. The number of hydrogen-bond donors (Lipinski definition) is 0. The fourth-order valence-corrected chi connectivity index (χ4v) is 3.79. The molecule has 0 fully saturated rings.